The Bertz CT molecular complexity index is 1150. The normalized spacial score (nSPS) is 14.4. The Kier molecular flexibility index (Phi) is 3.18. The number of imide groups is 1. The zero-order chi connectivity index (χ0) is 18.7. The third-order valence-electron chi connectivity index (χ3n) is 5.13. The fraction of sp³-hybridized carbons (Fsp3) is 0.143. The highest BCUT2D eigenvalue weighted by molar-refractivity contribution is 6.29. The van der Waals surface area contributed by atoms with Crippen LogP contribution >= 0.6 is 0 Å². The summed E-state index contributed by atoms with van der Waals surface area (Å²) in [5, 5.41) is 4.05. The lowest BCUT2D eigenvalue weighted by Crippen LogP contribution is -2.20. The highest BCUT2D eigenvalue weighted by atomic mass is 16.7. The summed E-state index contributed by atoms with van der Waals surface area (Å²) in [6, 6.07) is 11.1. The second kappa shape index (κ2) is 5.48. The summed E-state index contributed by atoms with van der Waals surface area (Å²) in [6.45, 7) is 1.97. The number of amides is 2. The minimum absolute atomic E-state index is 0.123. The zero-order valence-electron chi connectivity index (χ0n) is 14.7. The highest BCUT2D eigenvalue weighted by Crippen LogP contribution is 2.48. The molecular formula is C21H15NO5. The van der Waals surface area contributed by atoms with Crippen LogP contribution in [0, 0.1) is 6.92 Å². The van der Waals surface area contributed by atoms with Crippen molar-refractivity contribution >= 4 is 22.6 Å². The summed E-state index contributed by atoms with van der Waals surface area (Å²) in [6.07, 6.45) is 0. The van der Waals surface area contributed by atoms with E-state index in [1.165, 1.54) is 0 Å². The summed E-state index contributed by atoms with van der Waals surface area (Å²) < 4.78 is 16.5. The minimum atomic E-state index is -0.401. The topological polar surface area (TPSA) is 73.9 Å². The molecule has 3 aromatic carbocycles. The van der Waals surface area contributed by atoms with Crippen LogP contribution < -0.4 is 19.5 Å². The van der Waals surface area contributed by atoms with Gasteiger partial charge in [-0.1, -0.05) is 18.2 Å². The first-order valence-electron chi connectivity index (χ1n) is 8.49. The third-order valence-corrected chi connectivity index (χ3v) is 5.13. The Hall–Kier alpha value is -3.54. The maximum atomic E-state index is 12.7. The predicted octanol–water partition coefficient (Wildman–Crippen LogP) is 3.44. The number of aryl methyl sites for hydroxylation is 1. The van der Waals surface area contributed by atoms with Gasteiger partial charge in [0.05, 0.1) is 18.2 Å². The van der Waals surface area contributed by atoms with E-state index in [1.54, 1.807) is 7.11 Å². The van der Waals surface area contributed by atoms with Crippen LogP contribution in [-0.2, 0) is 0 Å². The number of fused-ring (bicyclic) bond motifs is 4. The van der Waals surface area contributed by atoms with E-state index in [2.05, 4.69) is 5.32 Å². The van der Waals surface area contributed by atoms with E-state index in [1.807, 2.05) is 43.3 Å². The number of carbonyl (C=O) groups excluding carboxylic acids is 2. The molecular weight excluding hydrogens is 346 g/mol. The second-order valence-electron chi connectivity index (χ2n) is 6.48. The Morgan fingerprint density at radius 2 is 1.67 bits per heavy atom. The Morgan fingerprint density at radius 1 is 0.926 bits per heavy atom. The molecule has 2 heterocycles. The first kappa shape index (κ1) is 15.7. The first-order chi connectivity index (χ1) is 13.1. The quantitative estimate of drug-likeness (QED) is 0.708. The summed E-state index contributed by atoms with van der Waals surface area (Å²) in [4.78, 5) is 25.1. The lowest BCUT2D eigenvalue weighted by atomic mass is 9.86. The van der Waals surface area contributed by atoms with Crippen molar-refractivity contribution in [2.24, 2.45) is 0 Å². The molecule has 0 saturated carbocycles. The molecule has 6 heteroatoms. The van der Waals surface area contributed by atoms with Gasteiger partial charge in [0.25, 0.3) is 11.8 Å². The van der Waals surface area contributed by atoms with Crippen molar-refractivity contribution in [3.63, 3.8) is 0 Å². The van der Waals surface area contributed by atoms with Gasteiger partial charge in [-0.05, 0) is 41.6 Å². The fourth-order valence-corrected chi connectivity index (χ4v) is 3.89. The van der Waals surface area contributed by atoms with Gasteiger partial charge in [0.1, 0.15) is 5.75 Å². The van der Waals surface area contributed by atoms with Crippen molar-refractivity contribution in [2.45, 2.75) is 6.92 Å². The van der Waals surface area contributed by atoms with Gasteiger partial charge < -0.3 is 14.2 Å². The smallest absolute Gasteiger partial charge is 0.259 e. The van der Waals surface area contributed by atoms with Crippen molar-refractivity contribution in [3.8, 4) is 28.4 Å². The molecule has 134 valence electrons. The molecule has 2 aliphatic heterocycles. The monoisotopic (exact) mass is 361 g/mol. The van der Waals surface area contributed by atoms with Gasteiger partial charge in [-0.2, -0.15) is 0 Å². The number of carbonyl (C=O) groups is 2. The molecule has 2 amide bonds. The van der Waals surface area contributed by atoms with Crippen LogP contribution in [0.25, 0.3) is 21.9 Å². The maximum Gasteiger partial charge on any atom is 0.259 e. The molecule has 0 aliphatic carbocycles. The first-order valence-corrected chi connectivity index (χ1v) is 8.49. The van der Waals surface area contributed by atoms with E-state index in [4.69, 9.17) is 14.2 Å². The van der Waals surface area contributed by atoms with Gasteiger partial charge in [0, 0.05) is 10.9 Å². The molecule has 0 spiro atoms. The number of nitrogens with one attached hydrogen (secondary N) is 1. The molecule has 2 aliphatic rings. The number of rotatable bonds is 2. The summed E-state index contributed by atoms with van der Waals surface area (Å²) in [5.41, 5.74) is 3.00. The molecule has 0 radical (unpaired) electrons. The summed E-state index contributed by atoms with van der Waals surface area (Å²) in [7, 11) is 1.60. The molecule has 1 N–H and O–H groups in total. The SMILES string of the molecule is COc1ccc(-c2c3c(c(C)c4ccc5c(c24)OCO5)C(=O)NC3=O)cc1. The number of hydrogen-bond acceptors (Lipinski definition) is 5. The van der Waals surface area contributed by atoms with E-state index in [0.717, 1.165) is 21.9 Å². The van der Waals surface area contributed by atoms with Crippen LogP contribution in [0.15, 0.2) is 36.4 Å². The average molecular weight is 361 g/mol. The van der Waals surface area contributed by atoms with Gasteiger partial charge in [-0.15, -0.1) is 0 Å². The molecule has 0 aromatic heterocycles. The molecule has 5 rings (SSSR count). The molecule has 0 saturated heterocycles. The molecule has 3 aromatic rings. The molecule has 0 unspecified atom stereocenters. The highest BCUT2D eigenvalue weighted by Gasteiger charge is 2.35. The number of methoxy groups -OCH3 is 1. The lowest BCUT2D eigenvalue weighted by molar-refractivity contribution is 0.0879. The second-order valence-corrected chi connectivity index (χ2v) is 6.48. The van der Waals surface area contributed by atoms with E-state index in [9.17, 15) is 9.59 Å². The Labute approximate surface area is 154 Å². The average Bonchev–Trinajstić information content (AvgIpc) is 3.27. The van der Waals surface area contributed by atoms with Gasteiger partial charge in [0.2, 0.25) is 6.79 Å². The molecule has 6 nitrogen and oxygen atoms in total. The van der Waals surface area contributed by atoms with Crippen LogP contribution in [0.2, 0.25) is 0 Å². The minimum Gasteiger partial charge on any atom is -0.497 e. The van der Waals surface area contributed by atoms with Crippen LogP contribution in [0.4, 0.5) is 0 Å². The zero-order valence-corrected chi connectivity index (χ0v) is 14.7. The summed E-state index contributed by atoms with van der Waals surface area (Å²) in [5.74, 6) is 1.15. The largest absolute Gasteiger partial charge is 0.497 e. The van der Waals surface area contributed by atoms with Gasteiger partial charge in [-0.25, -0.2) is 0 Å². The third kappa shape index (κ3) is 2.07. The number of hydrogen-bond donors (Lipinski definition) is 1. The molecule has 0 fully saturated rings. The fourth-order valence-electron chi connectivity index (χ4n) is 3.89. The van der Waals surface area contributed by atoms with E-state index < -0.39 is 5.91 Å². The van der Waals surface area contributed by atoms with E-state index >= 15 is 0 Å². The van der Waals surface area contributed by atoms with Crippen LogP contribution in [0.1, 0.15) is 26.3 Å². The maximum absolute atomic E-state index is 12.7. The van der Waals surface area contributed by atoms with Crippen LogP contribution in [0.5, 0.6) is 17.2 Å². The molecule has 27 heavy (non-hydrogen) atoms. The van der Waals surface area contributed by atoms with Crippen molar-refractivity contribution in [1.82, 2.24) is 5.32 Å². The number of ether oxygens (including phenoxy) is 3. The molecule has 0 atom stereocenters. The lowest BCUT2D eigenvalue weighted by Gasteiger charge is -2.16. The van der Waals surface area contributed by atoms with Crippen molar-refractivity contribution in [1.29, 1.82) is 0 Å². The Morgan fingerprint density at radius 3 is 2.41 bits per heavy atom. The van der Waals surface area contributed by atoms with Gasteiger partial charge >= 0.3 is 0 Å². The Balaban J connectivity index is 1.96. The van der Waals surface area contributed by atoms with Crippen LogP contribution in [-0.4, -0.2) is 25.7 Å². The van der Waals surface area contributed by atoms with E-state index in [0.29, 0.717) is 33.9 Å². The van der Waals surface area contributed by atoms with Crippen molar-refractivity contribution in [2.75, 3.05) is 13.9 Å². The molecule has 0 bridgehead atoms. The number of benzene rings is 3. The van der Waals surface area contributed by atoms with Crippen molar-refractivity contribution < 1.29 is 23.8 Å². The van der Waals surface area contributed by atoms with Crippen LogP contribution in [0.3, 0.4) is 0 Å². The van der Waals surface area contributed by atoms with Gasteiger partial charge in [0.15, 0.2) is 11.5 Å². The predicted molar refractivity (Wildman–Crippen MR) is 98.6 cm³/mol. The van der Waals surface area contributed by atoms with Crippen molar-refractivity contribution in [3.05, 3.63) is 53.1 Å². The van der Waals surface area contributed by atoms with E-state index in [-0.39, 0.29) is 12.7 Å². The van der Waals surface area contributed by atoms with Gasteiger partial charge in [-0.3, -0.25) is 14.9 Å². The standard InChI is InChI=1S/C21H15NO5/c1-10-13-7-8-14-19(27-9-26-14)17(13)16(11-3-5-12(25-2)6-4-11)18-15(10)20(23)22-21(18)24/h3-8H,9H2,1-2H3,(H,22,23,24). The summed E-state index contributed by atoms with van der Waals surface area (Å²) >= 11 is 0.